The zero-order valence-electron chi connectivity index (χ0n) is 16.4. The first-order valence-corrected chi connectivity index (χ1v) is 10.4. The van der Waals surface area contributed by atoms with Gasteiger partial charge in [-0.05, 0) is 39.2 Å². The van der Waals surface area contributed by atoms with Crippen LogP contribution in [0, 0.1) is 6.92 Å². The Morgan fingerprint density at radius 3 is 2.82 bits per heavy atom. The lowest BCUT2D eigenvalue weighted by atomic mass is 9.93. The number of fused-ring (bicyclic) bond motifs is 1. The van der Waals surface area contributed by atoms with Crippen molar-refractivity contribution >= 4 is 23.1 Å². The zero-order valence-corrected chi connectivity index (χ0v) is 17.2. The van der Waals surface area contributed by atoms with Crippen LogP contribution in [0.5, 0.6) is 0 Å². The van der Waals surface area contributed by atoms with Gasteiger partial charge in [0.2, 0.25) is 0 Å². The number of nitrogens with zero attached hydrogens (tertiary/aromatic N) is 3. The molecular weight excluding hydrogens is 370 g/mol. The molecule has 0 saturated heterocycles. The van der Waals surface area contributed by atoms with Crippen molar-refractivity contribution in [2.45, 2.75) is 45.2 Å². The molecule has 0 fully saturated rings. The van der Waals surface area contributed by atoms with Crippen LogP contribution in [-0.2, 0) is 12.0 Å². The van der Waals surface area contributed by atoms with Gasteiger partial charge >= 0.3 is 0 Å². The van der Waals surface area contributed by atoms with E-state index < -0.39 is 0 Å². The number of anilines is 1. The summed E-state index contributed by atoms with van der Waals surface area (Å²) in [6, 6.07) is 10.2. The molecular formula is C21H25N5OS. The Balaban J connectivity index is 1.51. The van der Waals surface area contributed by atoms with Crippen molar-refractivity contribution in [2.75, 3.05) is 11.9 Å². The van der Waals surface area contributed by atoms with E-state index in [-0.39, 0.29) is 17.5 Å². The van der Waals surface area contributed by atoms with Crippen LogP contribution in [0.2, 0.25) is 0 Å². The predicted octanol–water partition coefficient (Wildman–Crippen LogP) is 3.91. The summed E-state index contributed by atoms with van der Waals surface area (Å²) in [5.74, 6) is 0.669. The summed E-state index contributed by atoms with van der Waals surface area (Å²) < 4.78 is 1.93. The molecule has 1 amide bonds. The molecule has 1 unspecified atom stereocenters. The Labute approximate surface area is 169 Å². The second-order valence-electron chi connectivity index (χ2n) is 7.83. The monoisotopic (exact) mass is 395 g/mol. The fourth-order valence-corrected chi connectivity index (χ4v) is 4.48. The number of hydrogen-bond acceptors (Lipinski definition) is 5. The molecule has 4 rings (SSSR count). The second kappa shape index (κ2) is 7.39. The molecule has 1 aliphatic rings. The number of amides is 1. The largest absolute Gasteiger partial charge is 0.360 e. The summed E-state index contributed by atoms with van der Waals surface area (Å²) in [7, 11) is 0. The fourth-order valence-electron chi connectivity index (χ4n) is 3.66. The molecule has 2 N–H and O–H groups in total. The molecule has 7 heteroatoms. The lowest BCUT2D eigenvalue weighted by Crippen LogP contribution is -2.38. The third kappa shape index (κ3) is 3.67. The SMILES string of the molecule is Cc1cnc(C2CC(C)(C)n3ncc(C(=O)NCCc4ccccc4)c3N2)s1. The highest BCUT2D eigenvalue weighted by atomic mass is 32.1. The van der Waals surface area contributed by atoms with E-state index in [9.17, 15) is 4.79 Å². The van der Waals surface area contributed by atoms with Crippen molar-refractivity contribution in [3.05, 3.63) is 63.7 Å². The number of thiazole rings is 1. The van der Waals surface area contributed by atoms with Crippen LogP contribution < -0.4 is 10.6 Å². The van der Waals surface area contributed by atoms with E-state index in [0.29, 0.717) is 12.1 Å². The van der Waals surface area contributed by atoms with Crippen LogP contribution in [0.15, 0.2) is 42.7 Å². The summed E-state index contributed by atoms with van der Waals surface area (Å²) in [6.45, 7) is 6.95. The van der Waals surface area contributed by atoms with E-state index in [1.54, 1.807) is 17.5 Å². The first kappa shape index (κ1) is 18.7. The molecule has 0 bridgehead atoms. The number of carbonyl (C=O) groups excluding carboxylic acids is 1. The average Bonchev–Trinajstić information content (AvgIpc) is 3.29. The van der Waals surface area contributed by atoms with E-state index in [4.69, 9.17) is 0 Å². The first-order valence-electron chi connectivity index (χ1n) is 9.53. The van der Waals surface area contributed by atoms with Crippen LogP contribution in [0.25, 0.3) is 0 Å². The number of benzene rings is 1. The number of nitrogens with one attached hydrogen (secondary N) is 2. The highest BCUT2D eigenvalue weighted by Crippen LogP contribution is 2.40. The minimum Gasteiger partial charge on any atom is -0.360 e. The minimum atomic E-state index is -0.201. The van der Waals surface area contributed by atoms with Gasteiger partial charge in [-0.15, -0.1) is 11.3 Å². The molecule has 1 aromatic carbocycles. The van der Waals surface area contributed by atoms with Gasteiger partial charge in [0.1, 0.15) is 16.4 Å². The number of aryl methyl sites for hydroxylation is 1. The highest BCUT2D eigenvalue weighted by Gasteiger charge is 2.37. The van der Waals surface area contributed by atoms with Gasteiger partial charge in [0, 0.05) is 17.6 Å². The average molecular weight is 396 g/mol. The van der Waals surface area contributed by atoms with Crippen LogP contribution in [0.3, 0.4) is 0 Å². The minimum absolute atomic E-state index is 0.0776. The Bertz CT molecular complexity index is 976. The molecule has 3 heterocycles. The van der Waals surface area contributed by atoms with Gasteiger partial charge < -0.3 is 10.6 Å². The second-order valence-corrected chi connectivity index (χ2v) is 9.10. The summed E-state index contributed by atoms with van der Waals surface area (Å²) in [5.41, 5.74) is 1.59. The molecule has 3 aromatic rings. The van der Waals surface area contributed by atoms with Crippen molar-refractivity contribution in [3.63, 3.8) is 0 Å². The lowest BCUT2D eigenvalue weighted by Gasteiger charge is -2.37. The molecule has 6 nitrogen and oxygen atoms in total. The van der Waals surface area contributed by atoms with Crippen LogP contribution in [-0.4, -0.2) is 27.2 Å². The van der Waals surface area contributed by atoms with E-state index in [1.165, 1.54) is 10.4 Å². The van der Waals surface area contributed by atoms with E-state index in [0.717, 1.165) is 23.7 Å². The topological polar surface area (TPSA) is 71.8 Å². The van der Waals surface area contributed by atoms with Gasteiger partial charge in [-0.25, -0.2) is 9.67 Å². The summed E-state index contributed by atoms with van der Waals surface area (Å²) >= 11 is 1.69. The molecule has 0 aliphatic carbocycles. The van der Waals surface area contributed by atoms with E-state index >= 15 is 0 Å². The Morgan fingerprint density at radius 1 is 1.32 bits per heavy atom. The lowest BCUT2D eigenvalue weighted by molar-refractivity contribution is 0.0954. The quantitative estimate of drug-likeness (QED) is 0.687. The molecule has 146 valence electrons. The van der Waals surface area contributed by atoms with Gasteiger partial charge in [0.05, 0.1) is 17.8 Å². The van der Waals surface area contributed by atoms with Crippen molar-refractivity contribution in [2.24, 2.45) is 0 Å². The summed E-state index contributed by atoms with van der Waals surface area (Å²) in [4.78, 5) is 18.5. The third-order valence-electron chi connectivity index (χ3n) is 5.08. The van der Waals surface area contributed by atoms with Crippen LogP contribution in [0.1, 0.15) is 52.1 Å². The van der Waals surface area contributed by atoms with Gasteiger partial charge in [-0.2, -0.15) is 5.10 Å². The number of aromatic nitrogens is 3. The maximum atomic E-state index is 12.8. The Morgan fingerprint density at radius 2 is 2.11 bits per heavy atom. The number of carbonyl (C=O) groups is 1. The van der Waals surface area contributed by atoms with E-state index in [2.05, 4.69) is 53.6 Å². The molecule has 0 spiro atoms. The fraction of sp³-hybridized carbons (Fsp3) is 0.381. The molecule has 0 saturated carbocycles. The van der Waals surface area contributed by atoms with E-state index in [1.807, 2.05) is 29.1 Å². The van der Waals surface area contributed by atoms with Crippen molar-refractivity contribution in [1.29, 1.82) is 0 Å². The maximum Gasteiger partial charge on any atom is 0.256 e. The molecule has 28 heavy (non-hydrogen) atoms. The first-order chi connectivity index (χ1) is 13.4. The summed E-state index contributed by atoms with van der Waals surface area (Å²) in [5, 5.41) is 12.1. The normalized spacial score (nSPS) is 17.6. The molecule has 2 aromatic heterocycles. The standard InChI is InChI=1S/C21H25N5OS/c1-14-12-23-20(28-14)17-11-21(2,3)26-18(25-17)16(13-24-26)19(27)22-10-9-15-7-5-4-6-8-15/h4-8,12-13,17,25H,9-11H2,1-3H3,(H,22,27). The smallest absolute Gasteiger partial charge is 0.256 e. The highest BCUT2D eigenvalue weighted by molar-refractivity contribution is 7.11. The Hall–Kier alpha value is -2.67. The predicted molar refractivity (Wildman–Crippen MR) is 112 cm³/mol. The summed E-state index contributed by atoms with van der Waals surface area (Å²) in [6.07, 6.45) is 5.23. The van der Waals surface area contributed by atoms with Crippen LogP contribution in [0.4, 0.5) is 5.82 Å². The zero-order chi connectivity index (χ0) is 19.7. The molecule has 0 radical (unpaired) electrons. The number of hydrogen-bond donors (Lipinski definition) is 2. The maximum absolute atomic E-state index is 12.8. The van der Waals surface area contributed by atoms with Crippen molar-refractivity contribution in [3.8, 4) is 0 Å². The van der Waals surface area contributed by atoms with Gasteiger partial charge in [-0.1, -0.05) is 30.3 Å². The van der Waals surface area contributed by atoms with Crippen molar-refractivity contribution < 1.29 is 4.79 Å². The molecule has 1 atom stereocenters. The number of rotatable bonds is 5. The van der Waals surface area contributed by atoms with Gasteiger partial charge in [0.15, 0.2) is 0 Å². The van der Waals surface area contributed by atoms with Crippen LogP contribution >= 0.6 is 11.3 Å². The Kier molecular flexibility index (Phi) is 4.93. The van der Waals surface area contributed by atoms with Gasteiger partial charge in [0.25, 0.3) is 5.91 Å². The van der Waals surface area contributed by atoms with Gasteiger partial charge in [-0.3, -0.25) is 4.79 Å². The van der Waals surface area contributed by atoms with Crippen molar-refractivity contribution in [1.82, 2.24) is 20.1 Å². The molecule has 1 aliphatic heterocycles. The third-order valence-corrected chi connectivity index (χ3v) is 6.11.